The van der Waals surface area contributed by atoms with Crippen LogP contribution in [0.15, 0.2) is 37.6 Å². The monoisotopic (exact) mass is 392 g/mol. The van der Waals surface area contributed by atoms with Gasteiger partial charge in [-0.25, -0.2) is 13.1 Å². The Labute approximate surface area is 136 Å². The maximum absolute atomic E-state index is 12.1. The van der Waals surface area contributed by atoms with E-state index in [1.165, 1.54) is 17.4 Å². The second kappa shape index (κ2) is 7.06. The number of nitrogens with one attached hydrogen (secondary N) is 2. The van der Waals surface area contributed by atoms with Crippen LogP contribution in [-0.4, -0.2) is 14.5 Å². The van der Waals surface area contributed by atoms with Crippen molar-refractivity contribution in [2.24, 2.45) is 0 Å². The van der Waals surface area contributed by atoms with Gasteiger partial charge >= 0.3 is 0 Å². The van der Waals surface area contributed by atoms with E-state index < -0.39 is 10.0 Å². The molecule has 0 atom stereocenters. The fraction of sp³-hybridized carbons (Fsp3) is 0.385. The van der Waals surface area contributed by atoms with E-state index in [1.807, 2.05) is 26.0 Å². The van der Waals surface area contributed by atoms with Crippen molar-refractivity contribution in [3.05, 3.63) is 38.7 Å². The highest BCUT2D eigenvalue weighted by Crippen LogP contribution is 2.22. The minimum Gasteiger partial charge on any atom is -0.447 e. The van der Waals surface area contributed by atoms with E-state index in [2.05, 4.69) is 26.0 Å². The van der Waals surface area contributed by atoms with Gasteiger partial charge in [-0.05, 0) is 40.2 Å². The Morgan fingerprint density at radius 2 is 2.00 bits per heavy atom. The topological polar surface area (TPSA) is 71.3 Å². The van der Waals surface area contributed by atoms with Crippen molar-refractivity contribution in [2.45, 2.75) is 38.1 Å². The van der Waals surface area contributed by atoms with Gasteiger partial charge in [0.1, 0.15) is 5.76 Å². The zero-order valence-corrected chi connectivity index (χ0v) is 14.9. The van der Waals surface area contributed by atoms with Crippen molar-refractivity contribution in [1.82, 2.24) is 10.0 Å². The molecule has 0 spiro atoms. The highest BCUT2D eigenvalue weighted by atomic mass is 79.9. The molecule has 0 bridgehead atoms. The highest BCUT2D eigenvalue weighted by molar-refractivity contribution is 9.11. The molecule has 0 aliphatic carbocycles. The first-order chi connectivity index (χ1) is 9.87. The smallest absolute Gasteiger partial charge is 0.274 e. The first kappa shape index (κ1) is 16.7. The molecule has 0 saturated heterocycles. The summed E-state index contributed by atoms with van der Waals surface area (Å²) in [4.78, 5) is 0.929. The van der Waals surface area contributed by atoms with Crippen LogP contribution >= 0.6 is 27.3 Å². The lowest BCUT2D eigenvalue weighted by Crippen LogP contribution is -2.22. The molecule has 116 valence electrons. The highest BCUT2D eigenvalue weighted by Gasteiger charge is 2.18. The van der Waals surface area contributed by atoms with Gasteiger partial charge in [0.05, 0.1) is 10.3 Å². The van der Waals surface area contributed by atoms with Gasteiger partial charge in [-0.3, -0.25) is 0 Å². The van der Waals surface area contributed by atoms with Crippen LogP contribution in [0.4, 0.5) is 0 Å². The van der Waals surface area contributed by atoms with Crippen LogP contribution in [-0.2, 0) is 23.1 Å². The molecule has 2 N–H and O–H groups in total. The van der Waals surface area contributed by atoms with Gasteiger partial charge in [-0.15, -0.1) is 11.3 Å². The summed E-state index contributed by atoms with van der Waals surface area (Å²) >= 11 is 4.83. The lowest BCUT2D eigenvalue weighted by atomic mass is 10.3. The van der Waals surface area contributed by atoms with Crippen LogP contribution in [0.2, 0.25) is 0 Å². The van der Waals surface area contributed by atoms with Gasteiger partial charge in [-0.1, -0.05) is 13.8 Å². The number of rotatable bonds is 7. The van der Waals surface area contributed by atoms with Crippen molar-refractivity contribution >= 4 is 37.3 Å². The molecule has 8 heteroatoms. The summed E-state index contributed by atoms with van der Waals surface area (Å²) in [6, 6.07) is 7.22. The molecule has 2 heterocycles. The van der Waals surface area contributed by atoms with Crippen LogP contribution in [0, 0.1) is 0 Å². The first-order valence-corrected chi connectivity index (χ1v) is 9.52. The van der Waals surface area contributed by atoms with E-state index in [-0.39, 0.29) is 11.6 Å². The largest absolute Gasteiger partial charge is 0.447 e. The average molecular weight is 393 g/mol. The van der Waals surface area contributed by atoms with Crippen molar-refractivity contribution in [3.63, 3.8) is 0 Å². The summed E-state index contributed by atoms with van der Waals surface area (Å²) in [5, 5.41) is 3.12. The van der Waals surface area contributed by atoms with E-state index in [9.17, 15) is 8.42 Å². The van der Waals surface area contributed by atoms with Crippen LogP contribution in [0.1, 0.15) is 24.5 Å². The number of hydrogen-bond acceptors (Lipinski definition) is 5. The van der Waals surface area contributed by atoms with Crippen molar-refractivity contribution < 1.29 is 12.8 Å². The van der Waals surface area contributed by atoms with Crippen LogP contribution in [0.5, 0.6) is 0 Å². The number of sulfonamides is 1. The van der Waals surface area contributed by atoms with Gasteiger partial charge in [0.25, 0.3) is 10.0 Å². The van der Waals surface area contributed by atoms with E-state index in [0.717, 1.165) is 8.66 Å². The third-order valence-corrected chi connectivity index (χ3v) is 5.55. The molecule has 21 heavy (non-hydrogen) atoms. The molecule has 0 saturated carbocycles. The minimum absolute atomic E-state index is 0.0568. The van der Waals surface area contributed by atoms with Gasteiger partial charge in [0.15, 0.2) is 0 Å². The van der Waals surface area contributed by atoms with Gasteiger partial charge in [-0.2, -0.15) is 0 Å². The molecule has 0 fully saturated rings. The zero-order chi connectivity index (χ0) is 15.5. The predicted octanol–water partition coefficient (Wildman–Crippen LogP) is 3.08. The molecule has 2 aromatic heterocycles. The molecule has 2 aromatic rings. The average Bonchev–Trinajstić information content (AvgIpc) is 3.03. The number of thiophene rings is 1. The first-order valence-electron chi connectivity index (χ1n) is 6.43. The van der Waals surface area contributed by atoms with E-state index in [1.54, 1.807) is 6.07 Å². The van der Waals surface area contributed by atoms with Gasteiger partial charge in [0.2, 0.25) is 5.09 Å². The van der Waals surface area contributed by atoms with E-state index >= 15 is 0 Å². The molecule has 5 nitrogen and oxygen atoms in total. The fourth-order valence-electron chi connectivity index (χ4n) is 1.59. The molecule has 0 radical (unpaired) electrons. The van der Waals surface area contributed by atoms with Gasteiger partial charge in [0, 0.05) is 17.5 Å². The van der Waals surface area contributed by atoms with E-state index in [4.69, 9.17) is 4.42 Å². The molecular weight excluding hydrogens is 376 g/mol. The standard InChI is InChI=1S/C13H17BrN2O3S2/c1-9(2)15-7-10-3-6-13(19-10)21(17,18)16-8-11-4-5-12(14)20-11/h3-6,9,15-16H,7-8H2,1-2H3. The number of furan rings is 1. The summed E-state index contributed by atoms with van der Waals surface area (Å²) in [5.74, 6) is 0.600. The summed E-state index contributed by atoms with van der Waals surface area (Å²) < 4.78 is 33.1. The normalized spacial score (nSPS) is 12.2. The molecule has 0 aliphatic rings. The SMILES string of the molecule is CC(C)NCc1ccc(S(=O)(=O)NCc2ccc(Br)s2)o1. The summed E-state index contributed by atoms with van der Waals surface area (Å²) in [6.45, 7) is 4.78. The second-order valence-electron chi connectivity index (χ2n) is 4.79. The summed E-state index contributed by atoms with van der Waals surface area (Å²) in [5.41, 5.74) is 0. The Morgan fingerprint density at radius 3 is 2.62 bits per heavy atom. The molecule has 2 rings (SSSR count). The quantitative estimate of drug-likeness (QED) is 0.759. The maximum Gasteiger partial charge on any atom is 0.274 e. The number of halogens is 1. The lowest BCUT2D eigenvalue weighted by Gasteiger charge is -2.05. The number of hydrogen-bond donors (Lipinski definition) is 2. The molecular formula is C13H17BrN2O3S2. The lowest BCUT2D eigenvalue weighted by molar-refractivity contribution is 0.393. The molecule has 0 aliphatic heterocycles. The van der Waals surface area contributed by atoms with Crippen LogP contribution in [0.25, 0.3) is 0 Å². The van der Waals surface area contributed by atoms with Crippen LogP contribution in [0.3, 0.4) is 0 Å². The third kappa shape index (κ3) is 4.93. The Hall–Kier alpha value is -0.670. The Kier molecular flexibility index (Phi) is 5.61. The molecule has 0 unspecified atom stereocenters. The predicted molar refractivity (Wildman–Crippen MR) is 86.7 cm³/mol. The minimum atomic E-state index is -3.62. The Balaban J connectivity index is 1.99. The molecule has 0 aromatic carbocycles. The fourth-order valence-corrected chi connectivity index (χ4v) is 4.05. The molecule has 0 amide bonds. The Morgan fingerprint density at radius 1 is 1.24 bits per heavy atom. The van der Waals surface area contributed by atoms with Crippen molar-refractivity contribution in [3.8, 4) is 0 Å². The summed E-state index contributed by atoms with van der Waals surface area (Å²) in [7, 11) is -3.62. The van der Waals surface area contributed by atoms with E-state index in [0.29, 0.717) is 18.3 Å². The van der Waals surface area contributed by atoms with Gasteiger partial charge < -0.3 is 9.73 Å². The van der Waals surface area contributed by atoms with Crippen LogP contribution < -0.4 is 10.0 Å². The maximum atomic E-state index is 12.1. The second-order valence-corrected chi connectivity index (χ2v) is 9.03. The van der Waals surface area contributed by atoms with Crippen molar-refractivity contribution in [1.29, 1.82) is 0 Å². The summed E-state index contributed by atoms with van der Waals surface area (Å²) in [6.07, 6.45) is 0. The van der Waals surface area contributed by atoms with Crippen molar-refractivity contribution in [2.75, 3.05) is 0 Å². The zero-order valence-electron chi connectivity index (χ0n) is 11.7. The third-order valence-electron chi connectivity index (χ3n) is 2.65. The Bertz CT molecular complexity index is 692.